The zero-order chi connectivity index (χ0) is 14.5. The molecule has 0 rings (SSSR count). The molecular weight excluding hydrogens is 270 g/mol. The third kappa shape index (κ3) is 4.50. The van der Waals surface area contributed by atoms with Crippen LogP contribution in [0.1, 0.15) is 0 Å². The maximum Gasteiger partial charge on any atom is 0.275 e. The Morgan fingerprint density at radius 1 is 1.17 bits per heavy atom. The van der Waals surface area contributed by atoms with E-state index in [1.165, 1.54) is 0 Å². The molecule has 0 saturated carbocycles. The smallest absolute Gasteiger partial charge is 0.275 e. The van der Waals surface area contributed by atoms with Crippen molar-refractivity contribution < 1.29 is 38.2 Å². The summed E-state index contributed by atoms with van der Waals surface area (Å²) in [5, 5.41) is 17.7. The van der Waals surface area contributed by atoms with Gasteiger partial charge in [0.1, 0.15) is 11.9 Å². The van der Waals surface area contributed by atoms with Gasteiger partial charge in [0.25, 0.3) is 11.6 Å². The Balaban J connectivity index is 4.75. The van der Waals surface area contributed by atoms with E-state index >= 15 is 0 Å². The molecule has 9 nitrogen and oxygen atoms in total. The summed E-state index contributed by atoms with van der Waals surface area (Å²) in [4.78, 5) is 44.3. The van der Waals surface area contributed by atoms with Gasteiger partial charge in [-0.2, -0.15) is 0 Å². The van der Waals surface area contributed by atoms with Crippen LogP contribution in [0.2, 0.25) is 0 Å². The highest BCUT2D eigenvalue weighted by molar-refractivity contribution is 7.80. The molecule has 0 aliphatic heterocycles. The molecule has 0 amide bonds. The van der Waals surface area contributed by atoms with Crippen molar-refractivity contribution in [2.45, 2.75) is 12.1 Å². The second-order valence-corrected chi connectivity index (χ2v) is 4.13. The van der Waals surface area contributed by atoms with Crippen molar-refractivity contribution in [3.8, 4) is 0 Å². The van der Waals surface area contributed by atoms with Gasteiger partial charge in [-0.15, -0.1) is 0 Å². The van der Waals surface area contributed by atoms with Crippen LogP contribution < -0.4 is 5.73 Å². The highest BCUT2D eigenvalue weighted by Gasteiger charge is 2.35. The first-order valence-electron chi connectivity index (χ1n) is 4.50. The normalized spacial score (nSPS) is 15.6. The number of aliphatic hydroxyl groups excluding tert-OH is 2. The molecule has 10 heteroatoms. The summed E-state index contributed by atoms with van der Waals surface area (Å²) in [5.41, 5.74) is 5.05. The van der Waals surface area contributed by atoms with E-state index in [-0.39, 0.29) is 0 Å². The lowest BCUT2D eigenvalue weighted by Crippen LogP contribution is -2.48. The second-order valence-electron chi connectivity index (χ2n) is 3.20. The van der Waals surface area contributed by atoms with Crippen LogP contribution in [0.25, 0.3) is 0 Å². The number of carbonyl (C=O) groups excluding carboxylic acids is 4. The predicted octanol–water partition coefficient (Wildman–Crippen LogP) is -3.83. The molecule has 102 valence electrons. The molecule has 0 aliphatic rings. The molecule has 0 spiro atoms. The predicted molar refractivity (Wildman–Crippen MR) is 56.7 cm³/mol. The van der Waals surface area contributed by atoms with E-state index in [0.29, 0.717) is 0 Å². The fraction of sp³-hybridized carbons (Fsp3) is 0.500. The van der Waals surface area contributed by atoms with Gasteiger partial charge in [0.15, 0.2) is 11.1 Å². The minimum atomic E-state index is -2.63. The molecule has 0 aromatic heterocycles. The van der Waals surface area contributed by atoms with Crippen LogP contribution in [-0.4, -0.2) is 66.6 Å². The van der Waals surface area contributed by atoms with Crippen LogP contribution >= 0.6 is 0 Å². The molecule has 0 fully saturated rings. The first-order valence-corrected chi connectivity index (χ1v) is 5.77. The molecule has 0 heterocycles. The van der Waals surface area contributed by atoms with Crippen molar-refractivity contribution in [2.24, 2.45) is 5.73 Å². The standard InChI is InChI=1S/C8H11NO8S/c9-3(1-10)5(12)7(14)8(15)6(13)4(11)2-18(16)17/h3,5,10,12H,1-2,9H2,(H,16,17)/t3-,5+/m0/s1. The zero-order valence-corrected chi connectivity index (χ0v) is 9.75. The number of hydrogen-bond acceptors (Lipinski definition) is 8. The van der Waals surface area contributed by atoms with Crippen LogP contribution in [0.15, 0.2) is 0 Å². The lowest BCUT2D eigenvalue weighted by molar-refractivity contribution is -0.150. The monoisotopic (exact) mass is 281 g/mol. The van der Waals surface area contributed by atoms with E-state index in [9.17, 15) is 23.4 Å². The van der Waals surface area contributed by atoms with Crippen molar-refractivity contribution in [1.29, 1.82) is 0 Å². The molecule has 0 aliphatic carbocycles. The van der Waals surface area contributed by atoms with Gasteiger partial charge in [-0.25, -0.2) is 4.21 Å². The summed E-state index contributed by atoms with van der Waals surface area (Å²) in [6.07, 6.45) is -2.13. The molecule has 3 atom stereocenters. The third-order valence-electron chi connectivity index (χ3n) is 1.82. The highest BCUT2D eigenvalue weighted by atomic mass is 32.2. The number of aliphatic hydroxyl groups is 2. The minimum Gasteiger partial charge on any atom is -0.395 e. The van der Waals surface area contributed by atoms with Crippen molar-refractivity contribution >= 4 is 34.2 Å². The number of ketones is 4. The number of nitrogens with two attached hydrogens (primary N) is 1. The number of Topliss-reactive ketones (excluding diaryl/α,β-unsaturated/α-hetero) is 4. The van der Waals surface area contributed by atoms with E-state index in [4.69, 9.17) is 20.5 Å². The third-order valence-corrected chi connectivity index (χ3v) is 2.33. The lowest BCUT2D eigenvalue weighted by Gasteiger charge is -2.13. The molecule has 1 unspecified atom stereocenters. The molecule has 0 bridgehead atoms. The van der Waals surface area contributed by atoms with Crippen LogP contribution in [0, 0.1) is 0 Å². The van der Waals surface area contributed by atoms with Crippen LogP contribution in [0.4, 0.5) is 0 Å². The number of rotatable bonds is 8. The maximum absolute atomic E-state index is 11.2. The lowest BCUT2D eigenvalue weighted by atomic mass is 10.0. The van der Waals surface area contributed by atoms with E-state index in [1.54, 1.807) is 0 Å². The SMILES string of the molecule is N[C@@H](CO)[C@@H](O)C(=O)C(=O)C(=O)C(=O)CS(=O)O. The topological polar surface area (TPSA) is 172 Å². The van der Waals surface area contributed by atoms with E-state index in [0.717, 1.165) is 0 Å². The Hall–Kier alpha value is -1.33. The number of hydrogen-bond donors (Lipinski definition) is 4. The quantitative estimate of drug-likeness (QED) is 0.197. The van der Waals surface area contributed by atoms with Gasteiger partial charge in [0.2, 0.25) is 11.6 Å². The van der Waals surface area contributed by atoms with E-state index in [1.807, 2.05) is 0 Å². The van der Waals surface area contributed by atoms with Crippen LogP contribution in [0.3, 0.4) is 0 Å². The van der Waals surface area contributed by atoms with Crippen molar-refractivity contribution in [3.05, 3.63) is 0 Å². The Morgan fingerprint density at radius 2 is 1.67 bits per heavy atom. The van der Waals surface area contributed by atoms with Gasteiger partial charge in [-0.1, -0.05) is 0 Å². The molecule has 0 aromatic rings. The summed E-state index contributed by atoms with van der Waals surface area (Å²) < 4.78 is 18.6. The van der Waals surface area contributed by atoms with Crippen molar-refractivity contribution in [2.75, 3.05) is 12.4 Å². The largest absolute Gasteiger partial charge is 0.395 e. The van der Waals surface area contributed by atoms with Gasteiger partial charge >= 0.3 is 0 Å². The maximum atomic E-state index is 11.2. The summed E-state index contributed by atoms with van der Waals surface area (Å²) in [6, 6.07) is -1.48. The molecule has 0 saturated heterocycles. The summed E-state index contributed by atoms with van der Waals surface area (Å²) in [6.45, 7) is -0.816. The Morgan fingerprint density at radius 3 is 2.06 bits per heavy atom. The average Bonchev–Trinajstić information content (AvgIpc) is 2.33. The van der Waals surface area contributed by atoms with E-state index in [2.05, 4.69) is 0 Å². The first kappa shape index (κ1) is 16.7. The number of carbonyl (C=O) groups is 4. The van der Waals surface area contributed by atoms with Gasteiger partial charge in [-0.05, 0) is 0 Å². The molecule has 18 heavy (non-hydrogen) atoms. The molecule has 0 radical (unpaired) electrons. The van der Waals surface area contributed by atoms with Gasteiger partial charge in [0.05, 0.1) is 12.6 Å². The summed E-state index contributed by atoms with van der Waals surface area (Å²) in [5.74, 6) is -7.97. The zero-order valence-electron chi connectivity index (χ0n) is 8.94. The fourth-order valence-electron chi connectivity index (χ4n) is 0.845. The Labute approximate surface area is 103 Å². The van der Waals surface area contributed by atoms with Crippen molar-refractivity contribution in [1.82, 2.24) is 0 Å². The molecule has 0 aromatic carbocycles. The van der Waals surface area contributed by atoms with Crippen LogP contribution in [-0.2, 0) is 30.3 Å². The summed E-state index contributed by atoms with van der Waals surface area (Å²) >= 11 is -2.63. The molecular formula is C8H11NO8S. The van der Waals surface area contributed by atoms with Crippen LogP contribution in [0.5, 0.6) is 0 Å². The Kier molecular flexibility index (Phi) is 6.65. The average molecular weight is 281 g/mol. The first-order chi connectivity index (χ1) is 8.22. The highest BCUT2D eigenvalue weighted by Crippen LogP contribution is 1.96. The van der Waals surface area contributed by atoms with Gasteiger partial charge in [-0.3, -0.25) is 19.2 Å². The molecule has 5 N–H and O–H groups in total. The van der Waals surface area contributed by atoms with Gasteiger partial charge in [0, 0.05) is 0 Å². The summed E-state index contributed by atoms with van der Waals surface area (Å²) in [7, 11) is 0. The second kappa shape index (κ2) is 7.18. The van der Waals surface area contributed by atoms with Gasteiger partial charge < -0.3 is 20.5 Å². The fourth-order valence-corrected chi connectivity index (χ4v) is 1.20. The minimum absolute atomic E-state index is 0.816. The van der Waals surface area contributed by atoms with Crippen molar-refractivity contribution in [3.63, 3.8) is 0 Å². The van der Waals surface area contributed by atoms with E-state index < -0.39 is 58.7 Å². The Bertz CT molecular complexity index is 406.